The summed E-state index contributed by atoms with van der Waals surface area (Å²) in [5.41, 5.74) is 2.28. The average Bonchev–Trinajstić information content (AvgIpc) is 2.76. The number of fused-ring (bicyclic) bond motifs is 2. The molecule has 0 atom stereocenters. The molecule has 1 aliphatic rings. The predicted octanol–water partition coefficient (Wildman–Crippen LogP) is 4.51. The van der Waals surface area contributed by atoms with E-state index in [1.165, 1.54) is 7.11 Å². The molecule has 0 bridgehead atoms. The fourth-order valence-corrected chi connectivity index (χ4v) is 4.05. The van der Waals surface area contributed by atoms with Crippen molar-refractivity contribution in [3.8, 4) is 23.0 Å². The van der Waals surface area contributed by atoms with Crippen molar-refractivity contribution in [2.45, 2.75) is 53.0 Å². The lowest BCUT2D eigenvalue weighted by molar-refractivity contribution is -0.139. The monoisotopic (exact) mass is 455 g/mol. The Morgan fingerprint density at radius 2 is 1.42 bits per heavy atom. The number of amides is 1. The second-order valence-electron chi connectivity index (χ2n) is 9.66. The van der Waals surface area contributed by atoms with Crippen molar-refractivity contribution >= 4 is 11.9 Å². The van der Waals surface area contributed by atoms with Gasteiger partial charge in [0.2, 0.25) is 5.91 Å². The van der Waals surface area contributed by atoms with E-state index < -0.39 is 16.8 Å². The summed E-state index contributed by atoms with van der Waals surface area (Å²) < 4.78 is 22.6. The molecule has 1 amide bonds. The number of benzene rings is 2. The van der Waals surface area contributed by atoms with Crippen molar-refractivity contribution in [2.75, 3.05) is 21.3 Å². The maximum absolute atomic E-state index is 12.6. The zero-order valence-electron chi connectivity index (χ0n) is 20.7. The smallest absolute Gasteiger partial charge is 0.310 e. The Balaban J connectivity index is 2.17. The number of carbonyl (C=O) groups excluding carboxylic acids is 2. The van der Waals surface area contributed by atoms with Crippen LogP contribution in [0.4, 0.5) is 0 Å². The Kier molecular flexibility index (Phi) is 6.63. The lowest BCUT2D eigenvalue weighted by Gasteiger charge is -2.37. The number of nitrogens with one attached hydrogen (secondary N) is 1. The molecule has 0 saturated carbocycles. The van der Waals surface area contributed by atoms with E-state index in [0.29, 0.717) is 28.6 Å². The average molecular weight is 456 g/mol. The molecular formula is C26H33NO6. The molecule has 0 radical (unpaired) electrons. The summed E-state index contributed by atoms with van der Waals surface area (Å²) in [7, 11) is 4.50. The highest BCUT2D eigenvalue weighted by Crippen LogP contribution is 2.53. The molecule has 1 N–H and O–H groups in total. The molecule has 1 aliphatic heterocycles. The SMILES string of the molecule is COC(=O)Cc1c(OC)ccc2c1Oc1c(ccc(OC)c1CNC(=O)C(C)(C)C)C2(C)C. The third-order valence-corrected chi connectivity index (χ3v) is 6.08. The Labute approximate surface area is 195 Å². The summed E-state index contributed by atoms with van der Waals surface area (Å²) in [5, 5.41) is 3.00. The number of ether oxygens (including phenoxy) is 4. The summed E-state index contributed by atoms with van der Waals surface area (Å²) in [5.74, 6) is 1.86. The highest BCUT2D eigenvalue weighted by Gasteiger charge is 2.39. The molecule has 0 aromatic heterocycles. The van der Waals surface area contributed by atoms with Crippen LogP contribution in [0.5, 0.6) is 23.0 Å². The van der Waals surface area contributed by atoms with E-state index in [4.69, 9.17) is 18.9 Å². The highest BCUT2D eigenvalue weighted by atomic mass is 16.5. The van der Waals surface area contributed by atoms with E-state index in [9.17, 15) is 9.59 Å². The molecule has 0 spiro atoms. The molecule has 7 nitrogen and oxygen atoms in total. The van der Waals surface area contributed by atoms with Crippen LogP contribution in [-0.4, -0.2) is 33.2 Å². The van der Waals surface area contributed by atoms with Crippen LogP contribution in [0.25, 0.3) is 0 Å². The molecule has 7 heteroatoms. The van der Waals surface area contributed by atoms with Gasteiger partial charge in [-0.1, -0.05) is 46.8 Å². The summed E-state index contributed by atoms with van der Waals surface area (Å²) >= 11 is 0. The van der Waals surface area contributed by atoms with Gasteiger partial charge in [-0.3, -0.25) is 9.59 Å². The van der Waals surface area contributed by atoms with E-state index in [2.05, 4.69) is 19.2 Å². The minimum absolute atomic E-state index is 0.00826. The van der Waals surface area contributed by atoms with Gasteiger partial charge in [0, 0.05) is 27.5 Å². The lowest BCUT2D eigenvalue weighted by Crippen LogP contribution is -2.35. The zero-order valence-corrected chi connectivity index (χ0v) is 20.7. The number of esters is 1. The van der Waals surface area contributed by atoms with Gasteiger partial charge in [-0.05, 0) is 12.1 Å². The van der Waals surface area contributed by atoms with Crippen molar-refractivity contribution in [2.24, 2.45) is 5.41 Å². The number of rotatable bonds is 6. The largest absolute Gasteiger partial charge is 0.496 e. The molecule has 1 heterocycles. The summed E-state index contributed by atoms with van der Waals surface area (Å²) in [6, 6.07) is 7.69. The van der Waals surface area contributed by atoms with E-state index in [-0.39, 0.29) is 18.9 Å². The van der Waals surface area contributed by atoms with Crippen molar-refractivity contribution in [1.82, 2.24) is 5.32 Å². The minimum atomic E-state index is -0.532. The molecule has 0 saturated heterocycles. The molecule has 33 heavy (non-hydrogen) atoms. The van der Waals surface area contributed by atoms with Gasteiger partial charge in [0.25, 0.3) is 0 Å². The van der Waals surface area contributed by atoms with Gasteiger partial charge in [-0.2, -0.15) is 0 Å². The second kappa shape index (κ2) is 8.96. The van der Waals surface area contributed by atoms with Crippen molar-refractivity contribution < 1.29 is 28.5 Å². The van der Waals surface area contributed by atoms with Crippen LogP contribution < -0.4 is 19.5 Å². The first kappa shape index (κ1) is 24.4. The Morgan fingerprint density at radius 1 is 0.909 bits per heavy atom. The molecule has 2 aromatic rings. The number of hydrogen-bond donors (Lipinski definition) is 1. The maximum atomic E-state index is 12.6. The third kappa shape index (κ3) is 4.49. The highest BCUT2D eigenvalue weighted by molar-refractivity contribution is 5.81. The second-order valence-corrected chi connectivity index (χ2v) is 9.66. The Morgan fingerprint density at radius 3 is 1.91 bits per heavy atom. The van der Waals surface area contributed by atoms with Gasteiger partial charge in [0.1, 0.15) is 23.0 Å². The molecule has 178 valence electrons. The van der Waals surface area contributed by atoms with E-state index in [1.807, 2.05) is 45.0 Å². The van der Waals surface area contributed by atoms with Gasteiger partial charge in [0.05, 0.1) is 39.9 Å². The molecule has 0 unspecified atom stereocenters. The topological polar surface area (TPSA) is 83.1 Å². The molecule has 3 rings (SSSR count). The minimum Gasteiger partial charge on any atom is -0.496 e. The van der Waals surface area contributed by atoms with Gasteiger partial charge in [0.15, 0.2) is 0 Å². The molecule has 0 aliphatic carbocycles. The maximum Gasteiger partial charge on any atom is 0.310 e. The van der Waals surface area contributed by atoms with Crippen molar-refractivity contribution in [3.05, 3.63) is 46.5 Å². The van der Waals surface area contributed by atoms with Crippen LogP contribution in [0.1, 0.15) is 56.9 Å². The summed E-state index contributed by atoms with van der Waals surface area (Å²) in [6.45, 7) is 10.0. The fourth-order valence-electron chi connectivity index (χ4n) is 4.05. The van der Waals surface area contributed by atoms with E-state index >= 15 is 0 Å². The standard InChI is InChI=1S/C26H33NO6/c1-25(2,3)24(29)27-14-16-20(31-7)12-10-18-23(16)33-22-15(13-21(28)32-8)19(30-6)11-9-17(22)26(18,4)5/h9-12H,13-14H2,1-8H3,(H,27,29). The zero-order chi connectivity index (χ0) is 24.6. The normalized spacial score (nSPS) is 13.8. The predicted molar refractivity (Wildman–Crippen MR) is 125 cm³/mol. The quantitative estimate of drug-likeness (QED) is 0.645. The third-order valence-electron chi connectivity index (χ3n) is 6.08. The van der Waals surface area contributed by atoms with Gasteiger partial charge in [-0.15, -0.1) is 0 Å². The first-order valence-electron chi connectivity index (χ1n) is 10.9. The first-order valence-corrected chi connectivity index (χ1v) is 10.9. The first-order chi connectivity index (χ1) is 15.4. The van der Waals surface area contributed by atoms with Gasteiger partial charge >= 0.3 is 5.97 Å². The van der Waals surface area contributed by atoms with Crippen LogP contribution in [-0.2, 0) is 32.7 Å². The number of methoxy groups -OCH3 is 3. The Bertz CT molecular complexity index is 1080. The van der Waals surface area contributed by atoms with Gasteiger partial charge in [-0.25, -0.2) is 0 Å². The molecule has 2 aromatic carbocycles. The van der Waals surface area contributed by atoms with Crippen molar-refractivity contribution in [1.29, 1.82) is 0 Å². The van der Waals surface area contributed by atoms with Gasteiger partial charge < -0.3 is 24.3 Å². The van der Waals surface area contributed by atoms with E-state index in [1.54, 1.807) is 14.2 Å². The van der Waals surface area contributed by atoms with Crippen LogP contribution in [0.2, 0.25) is 0 Å². The summed E-state index contributed by atoms with van der Waals surface area (Å²) in [4.78, 5) is 24.7. The fraction of sp³-hybridized carbons (Fsp3) is 0.462. The summed E-state index contributed by atoms with van der Waals surface area (Å²) in [6.07, 6.45) is 0.00826. The molecular weight excluding hydrogens is 422 g/mol. The van der Waals surface area contributed by atoms with Crippen molar-refractivity contribution in [3.63, 3.8) is 0 Å². The number of carbonyl (C=O) groups is 2. The van der Waals surface area contributed by atoms with Crippen LogP contribution >= 0.6 is 0 Å². The van der Waals surface area contributed by atoms with Crippen LogP contribution in [0.15, 0.2) is 24.3 Å². The lowest BCUT2D eigenvalue weighted by atomic mass is 9.74. The van der Waals surface area contributed by atoms with Crippen LogP contribution in [0.3, 0.4) is 0 Å². The Hall–Kier alpha value is -3.22. The molecule has 0 fully saturated rings. The number of hydrogen-bond acceptors (Lipinski definition) is 6. The van der Waals surface area contributed by atoms with Crippen LogP contribution in [0, 0.1) is 5.41 Å². The van der Waals surface area contributed by atoms with E-state index in [0.717, 1.165) is 16.7 Å².